The topological polar surface area (TPSA) is 91.3 Å². The summed E-state index contributed by atoms with van der Waals surface area (Å²) in [6.07, 6.45) is 2.20. The Balaban J connectivity index is 1.14. The standard InChI is InChI=1S/C40H46F3N3O5/c1-2-20-45(33-9-3-4-10-33)25-34-23-36(30-14-12-27(26-47)13-15-30)51-38(50-34)31-18-16-29(17-19-31)32-8-5-7-28(22-32)24-44-37(48)35-11-6-21-46(35)39(49)40(41,42)43/h2,5,7-8,12-19,22,33-36,38,47H,1,3-4,6,9-11,20-21,23-26H2,(H,44,48). The number of nitrogens with one attached hydrogen (secondary N) is 1. The van der Waals surface area contributed by atoms with E-state index < -0.39 is 30.3 Å². The number of aliphatic hydroxyl groups is 1. The van der Waals surface area contributed by atoms with Crippen LogP contribution in [0.2, 0.25) is 0 Å². The number of nitrogens with zero attached hydrogens (tertiary/aromatic N) is 2. The maximum absolute atomic E-state index is 13.0. The number of carbonyl (C=O) groups excluding carboxylic acids is 2. The first kappa shape index (κ1) is 36.8. The fourth-order valence-corrected chi connectivity index (χ4v) is 7.55. The Hall–Kier alpha value is -4.03. The Morgan fingerprint density at radius 3 is 2.33 bits per heavy atom. The van der Waals surface area contributed by atoms with Crippen LogP contribution in [0.3, 0.4) is 0 Å². The van der Waals surface area contributed by atoms with Crippen LogP contribution in [-0.4, -0.2) is 70.7 Å². The molecule has 6 rings (SSSR count). The second kappa shape index (κ2) is 16.5. The zero-order chi connectivity index (χ0) is 36.0. The third-order valence-electron chi connectivity index (χ3n) is 10.2. The average molecular weight is 706 g/mol. The summed E-state index contributed by atoms with van der Waals surface area (Å²) in [7, 11) is 0. The smallest absolute Gasteiger partial charge is 0.392 e. The molecule has 3 aromatic carbocycles. The van der Waals surface area contributed by atoms with Crippen molar-refractivity contribution in [2.75, 3.05) is 19.6 Å². The van der Waals surface area contributed by atoms with Gasteiger partial charge in [-0.25, -0.2) is 0 Å². The number of carbonyl (C=O) groups is 2. The van der Waals surface area contributed by atoms with Crippen molar-refractivity contribution in [2.45, 2.75) is 94.9 Å². The van der Waals surface area contributed by atoms with E-state index in [1.54, 1.807) is 0 Å². The van der Waals surface area contributed by atoms with Crippen molar-refractivity contribution in [3.8, 4) is 11.1 Å². The molecule has 2 aliphatic heterocycles. The molecule has 3 fully saturated rings. The normalized spacial score (nSPS) is 22.7. The molecule has 272 valence electrons. The SMILES string of the molecule is C=CCN(CC1CC(c2ccc(CO)cc2)OC(c2ccc(-c3cccc(CNC(=O)C4CCCN4C(=O)C(F)(F)F)c3)cc2)O1)C1CCCC1. The maximum atomic E-state index is 13.0. The predicted octanol–water partition coefficient (Wildman–Crippen LogP) is 6.99. The van der Waals surface area contributed by atoms with Crippen LogP contribution in [0.25, 0.3) is 11.1 Å². The summed E-state index contributed by atoms with van der Waals surface area (Å²) in [6.45, 7) is 5.59. The quantitative estimate of drug-likeness (QED) is 0.198. The number of halogens is 3. The molecule has 11 heteroatoms. The highest BCUT2D eigenvalue weighted by atomic mass is 19.4. The van der Waals surface area contributed by atoms with Gasteiger partial charge in [0.25, 0.3) is 0 Å². The van der Waals surface area contributed by atoms with Crippen molar-refractivity contribution >= 4 is 11.8 Å². The number of rotatable bonds is 12. The first-order chi connectivity index (χ1) is 24.6. The van der Waals surface area contributed by atoms with E-state index in [-0.39, 0.29) is 38.3 Å². The molecule has 0 bridgehead atoms. The molecule has 2 heterocycles. The van der Waals surface area contributed by atoms with E-state index in [1.165, 1.54) is 25.7 Å². The zero-order valence-electron chi connectivity index (χ0n) is 28.7. The van der Waals surface area contributed by atoms with Crippen LogP contribution in [0.15, 0.2) is 85.5 Å². The highest BCUT2D eigenvalue weighted by Crippen LogP contribution is 2.39. The minimum absolute atomic E-state index is 0.0192. The van der Waals surface area contributed by atoms with Gasteiger partial charge in [0.05, 0.1) is 18.8 Å². The van der Waals surface area contributed by atoms with Gasteiger partial charge in [-0.1, -0.05) is 85.6 Å². The van der Waals surface area contributed by atoms with Crippen LogP contribution in [0.1, 0.15) is 79.6 Å². The van der Waals surface area contributed by atoms with Gasteiger partial charge in [-0.2, -0.15) is 13.2 Å². The van der Waals surface area contributed by atoms with Gasteiger partial charge < -0.3 is 24.8 Å². The molecule has 2 amide bonds. The van der Waals surface area contributed by atoms with Gasteiger partial charge >= 0.3 is 12.1 Å². The summed E-state index contributed by atoms with van der Waals surface area (Å²) in [4.78, 5) is 27.7. The van der Waals surface area contributed by atoms with Crippen molar-refractivity contribution in [3.63, 3.8) is 0 Å². The van der Waals surface area contributed by atoms with Crippen molar-refractivity contribution in [2.24, 2.45) is 0 Å². The van der Waals surface area contributed by atoms with Crippen molar-refractivity contribution in [1.29, 1.82) is 0 Å². The number of amides is 2. The van der Waals surface area contributed by atoms with E-state index in [2.05, 4.69) is 16.8 Å². The largest absolute Gasteiger partial charge is 0.471 e. The van der Waals surface area contributed by atoms with Crippen LogP contribution < -0.4 is 5.32 Å². The van der Waals surface area contributed by atoms with Gasteiger partial charge in [0.2, 0.25) is 5.91 Å². The molecular weight excluding hydrogens is 659 g/mol. The summed E-state index contributed by atoms with van der Waals surface area (Å²) in [5.74, 6) is -2.57. The number of aliphatic hydroxyl groups excluding tert-OH is 1. The highest BCUT2D eigenvalue weighted by Gasteiger charge is 2.47. The summed E-state index contributed by atoms with van der Waals surface area (Å²) < 4.78 is 52.3. The number of ether oxygens (including phenoxy) is 2. The lowest BCUT2D eigenvalue weighted by molar-refractivity contribution is -0.253. The van der Waals surface area contributed by atoms with Crippen LogP contribution in [0.5, 0.6) is 0 Å². The fraction of sp³-hybridized carbons (Fsp3) is 0.450. The minimum Gasteiger partial charge on any atom is -0.392 e. The molecule has 0 aromatic heterocycles. The fourth-order valence-electron chi connectivity index (χ4n) is 7.55. The maximum Gasteiger partial charge on any atom is 0.471 e. The van der Waals surface area contributed by atoms with Crippen LogP contribution in [0.4, 0.5) is 13.2 Å². The molecule has 4 unspecified atom stereocenters. The van der Waals surface area contributed by atoms with Gasteiger partial charge in [0.15, 0.2) is 6.29 Å². The number of hydrogen-bond acceptors (Lipinski definition) is 6. The Morgan fingerprint density at radius 1 is 0.922 bits per heavy atom. The van der Waals surface area contributed by atoms with E-state index >= 15 is 0 Å². The molecule has 3 aromatic rings. The number of hydrogen-bond donors (Lipinski definition) is 2. The third kappa shape index (κ3) is 9.07. The van der Waals surface area contributed by atoms with E-state index in [1.807, 2.05) is 78.9 Å². The Labute approximate surface area is 297 Å². The van der Waals surface area contributed by atoms with Gasteiger partial charge in [-0.15, -0.1) is 6.58 Å². The average Bonchev–Trinajstić information content (AvgIpc) is 3.87. The van der Waals surface area contributed by atoms with E-state index in [9.17, 15) is 27.9 Å². The second-order valence-corrected chi connectivity index (χ2v) is 13.7. The van der Waals surface area contributed by atoms with Crippen molar-refractivity contribution < 1.29 is 37.3 Å². The van der Waals surface area contributed by atoms with Crippen molar-refractivity contribution in [1.82, 2.24) is 15.1 Å². The van der Waals surface area contributed by atoms with Crippen LogP contribution in [0, 0.1) is 0 Å². The summed E-state index contributed by atoms with van der Waals surface area (Å²) in [6, 6.07) is 22.8. The lowest BCUT2D eigenvalue weighted by Crippen LogP contribution is -2.50. The predicted molar refractivity (Wildman–Crippen MR) is 187 cm³/mol. The molecule has 2 saturated heterocycles. The second-order valence-electron chi connectivity index (χ2n) is 13.7. The molecule has 1 aliphatic carbocycles. The van der Waals surface area contributed by atoms with Crippen molar-refractivity contribution in [3.05, 3.63) is 108 Å². The molecule has 0 spiro atoms. The van der Waals surface area contributed by atoms with Gasteiger partial charge in [-0.3, -0.25) is 14.5 Å². The number of likely N-dealkylation sites (tertiary alicyclic amines) is 1. The number of alkyl halides is 3. The molecule has 3 aliphatic rings. The highest BCUT2D eigenvalue weighted by molar-refractivity contribution is 5.90. The van der Waals surface area contributed by atoms with Gasteiger partial charge in [0.1, 0.15) is 6.04 Å². The molecule has 2 N–H and O–H groups in total. The first-order valence-electron chi connectivity index (χ1n) is 17.8. The lowest BCUT2D eigenvalue weighted by atomic mass is 9.98. The summed E-state index contributed by atoms with van der Waals surface area (Å²) >= 11 is 0. The molecular formula is C40H46F3N3O5. The Bertz CT molecular complexity index is 1640. The Morgan fingerprint density at radius 2 is 1.65 bits per heavy atom. The van der Waals surface area contributed by atoms with E-state index in [0.717, 1.165) is 46.5 Å². The third-order valence-corrected chi connectivity index (χ3v) is 10.2. The molecule has 1 saturated carbocycles. The van der Waals surface area contributed by atoms with E-state index in [4.69, 9.17) is 9.47 Å². The summed E-state index contributed by atoms with van der Waals surface area (Å²) in [5, 5.41) is 12.3. The molecule has 51 heavy (non-hydrogen) atoms. The lowest BCUT2D eigenvalue weighted by Gasteiger charge is -2.39. The van der Waals surface area contributed by atoms with Crippen LogP contribution in [-0.2, 0) is 32.2 Å². The van der Waals surface area contributed by atoms with Crippen LogP contribution >= 0.6 is 0 Å². The van der Waals surface area contributed by atoms with Gasteiger partial charge in [0, 0.05) is 44.2 Å². The number of benzene rings is 3. The van der Waals surface area contributed by atoms with E-state index in [0.29, 0.717) is 23.8 Å². The first-order valence-corrected chi connectivity index (χ1v) is 17.8. The minimum atomic E-state index is -5.01. The molecule has 0 radical (unpaired) electrons. The Kier molecular flexibility index (Phi) is 11.9. The molecule has 4 atom stereocenters. The summed E-state index contributed by atoms with van der Waals surface area (Å²) in [5.41, 5.74) is 5.39. The molecule has 8 nitrogen and oxygen atoms in total. The zero-order valence-corrected chi connectivity index (χ0v) is 28.7. The monoisotopic (exact) mass is 705 g/mol. The van der Waals surface area contributed by atoms with Gasteiger partial charge in [-0.05, 0) is 59.6 Å².